The van der Waals surface area contributed by atoms with E-state index in [4.69, 9.17) is 11.6 Å². The van der Waals surface area contributed by atoms with Gasteiger partial charge in [0, 0.05) is 32.7 Å². The molecule has 3 rings (SSSR count). The topological polar surface area (TPSA) is 65.1 Å². The molecule has 0 saturated heterocycles. The van der Waals surface area contributed by atoms with Gasteiger partial charge < -0.3 is 9.47 Å². The summed E-state index contributed by atoms with van der Waals surface area (Å²) in [5, 5.41) is 0.613. The highest BCUT2D eigenvalue weighted by atomic mass is 35.5. The fourth-order valence-corrected chi connectivity index (χ4v) is 3.21. The molecule has 0 radical (unpaired) electrons. The van der Waals surface area contributed by atoms with Crippen LogP contribution in [0.2, 0.25) is 5.02 Å². The van der Waals surface area contributed by atoms with Crippen LogP contribution >= 0.6 is 11.6 Å². The predicted octanol–water partition coefficient (Wildman–Crippen LogP) is 2.07. The van der Waals surface area contributed by atoms with Gasteiger partial charge in [-0.05, 0) is 24.1 Å². The molecule has 0 aliphatic heterocycles. The number of hydrogen-bond donors (Lipinski definition) is 0. The third kappa shape index (κ3) is 3.03. The number of benzene rings is 1. The van der Waals surface area contributed by atoms with Crippen molar-refractivity contribution in [2.24, 2.45) is 7.05 Å². The first-order valence-electron chi connectivity index (χ1n) is 8.47. The second-order valence-corrected chi connectivity index (χ2v) is 6.93. The van der Waals surface area contributed by atoms with Crippen molar-refractivity contribution in [3.05, 3.63) is 55.7 Å². The van der Waals surface area contributed by atoms with E-state index in [1.165, 1.54) is 4.57 Å². The van der Waals surface area contributed by atoms with Gasteiger partial charge in [0.05, 0.1) is 6.54 Å². The number of imidazole rings is 1. The van der Waals surface area contributed by atoms with Crippen LogP contribution in [-0.2, 0) is 20.1 Å². The molecule has 0 aliphatic carbocycles. The van der Waals surface area contributed by atoms with E-state index in [0.29, 0.717) is 28.7 Å². The third-order valence-corrected chi connectivity index (χ3v) is 4.57. The van der Waals surface area contributed by atoms with Gasteiger partial charge in [-0.1, -0.05) is 30.7 Å². The van der Waals surface area contributed by atoms with Gasteiger partial charge in [0.25, 0.3) is 5.56 Å². The standard InChI is InChI=1S/C18H22ClN5O2/c1-5-10-23-15-14(22(4)17(20-15)21(2)3)16(25)24(18(23)26)11-12-6-8-13(19)9-7-12/h6-9H,5,10-11H2,1-4H3. The molecular weight excluding hydrogens is 354 g/mol. The summed E-state index contributed by atoms with van der Waals surface area (Å²) in [5.41, 5.74) is 1.01. The van der Waals surface area contributed by atoms with Gasteiger partial charge in [-0.25, -0.2) is 4.79 Å². The number of anilines is 1. The van der Waals surface area contributed by atoms with Crippen LogP contribution in [0, 0.1) is 0 Å². The van der Waals surface area contributed by atoms with Crippen LogP contribution in [0.3, 0.4) is 0 Å². The van der Waals surface area contributed by atoms with Gasteiger partial charge in [0.1, 0.15) is 0 Å². The highest BCUT2D eigenvalue weighted by Gasteiger charge is 2.20. The highest BCUT2D eigenvalue weighted by Crippen LogP contribution is 2.17. The monoisotopic (exact) mass is 375 g/mol. The number of aromatic nitrogens is 4. The fourth-order valence-electron chi connectivity index (χ4n) is 3.09. The molecule has 2 heterocycles. The van der Waals surface area contributed by atoms with Crippen LogP contribution in [0.5, 0.6) is 0 Å². The zero-order chi connectivity index (χ0) is 19.0. The predicted molar refractivity (Wildman–Crippen MR) is 104 cm³/mol. The summed E-state index contributed by atoms with van der Waals surface area (Å²) in [6.07, 6.45) is 0.766. The van der Waals surface area contributed by atoms with Gasteiger partial charge in [0.2, 0.25) is 5.95 Å². The molecule has 0 saturated carbocycles. The van der Waals surface area contributed by atoms with Crippen molar-refractivity contribution in [2.75, 3.05) is 19.0 Å². The minimum atomic E-state index is -0.345. The third-order valence-electron chi connectivity index (χ3n) is 4.32. The maximum atomic E-state index is 13.1. The van der Waals surface area contributed by atoms with E-state index in [2.05, 4.69) is 4.98 Å². The molecule has 0 unspecified atom stereocenters. The number of halogens is 1. The molecule has 0 N–H and O–H groups in total. The van der Waals surface area contributed by atoms with E-state index >= 15 is 0 Å². The molecule has 0 bridgehead atoms. The Morgan fingerprint density at radius 1 is 1.12 bits per heavy atom. The smallest absolute Gasteiger partial charge is 0.333 e. The summed E-state index contributed by atoms with van der Waals surface area (Å²) in [6, 6.07) is 7.13. The highest BCUT2D eigenvalue weighted by molar-refractivity contribution is 6.30. The molecule has 0 fully saturated rings. The number of hydrogen-bond acceptors (Lipinski definition) is 4. The molecule has 26 heavy (non-hydrogen) atoms. The van der Waals surface area contributed by atoms with E-state index in [-0.39, 0.29) is 17.8 Å². The summed E-state index contributed by atoms with van der Waals surface area (Å²) >= 11 is 5.92. The second-order valence-electron chi connectivity index (χ2n) is 6.49. The van der Waals surface area contributed by atoms with Gasteiger partial charge in [-0.2, -0.15) is 4.98 Å². The first kappa shape index (κ1) is 18.3. The SMILES string of the molecule is CCCn1c(=O)n(Cc2ccc(Cl)cc2)c(=O)c2c1nc(N(C)C)n2C. The molecule has 1 aromatic carbocycles. The van der Waals surface area contributed by atoms with Gasteiger partial charge in [0.15, 0.2) is 11.2 Å². The summed E-state index contributed by atoms with van der Waals surface area (Å²) in [4.78, 5) is 32.4. The van der Waals surface area contributed by atoms with E-state index in [9.17, 15) is 9.59 Å². The Balaban J connectivity index is 2.29. The second kappa shape index (κ2) is 6.99. The first-order chi connectivity index (χ1) is 12.3. The molecule has 0 atom stereocenters. The quantitative estimate of drug-likeness (QED) is 0.684. The maximum Gasteiger partial charge on any atom is 0.333 e. The Kier molecular flexibility index (Phi) is 4.91. The van der Waals surface area contributed by atoms with Crippen LogP contribution in [-0.4, -0.2) is 32.8 Å². The Hall–Kier alpha value is -2.54. The van der Waals surface area contributed by atoms with Crippen LogP contribution < -0.4 is 16.1 Å². The summed E-state index contributed by atoms with van der Waals surface area (Å²) in [7, 11) is 5.50. The van der Waals surface area contributed by atoms with Crippen LogP contribution in [0.4, 0.5) is 5.95 Å². The summed E-state index contributed by atoms with van der Waals surface area (Å²) in [6.45, 7) is 2.68. The largest absolute Gasteiger partial charge is 0.348 e. The molecular formula is C18H22ClN5O2. The lowest BCUT2D eigenvalue weighted by molar-refractivity contribution is 0.588. The number of fused-ring (bicyclic) bond motifs is 1. The van der Waals surface area contributed by atoms with Gasteiger partial charge in [-0.15, -0.1) is 0 Å². The fraction of sp³-hybridized carbons (Fsp3) is 0.389. The van der Waals surface area contributed by atoms with Crippen molar-refractivity contribution < 1.29 is 0 Å². The Bertz CT molecular complexity index is 1060. The Morgan fingerprint density at radius 3 is 2.35 bits per heavy atom. The molecule has 7 nitrogen and oxygen atoms in total. The van der Waals surface area contributed by atoms with Crippen molar-refractivity contribution in [1.82, 2.24) is 18.7 Å². The van der Waals surface area contributed by atoms with Crippen LogP contribution in [0.1, 0.15) is 18.9 Å². The minimum absolute atomic E-state index is 0.191. The Morgan fingerprint density at radius 2 is 1.77 bits per heavy atom. The van der Waals surface area contributed by atoms with Crippen molar-refractivity contribution in [1.29, 1.82) is 0 Å². The number of nitrogens with zero attached hydrogens (tertiary/aromatic N) is 5. The summed E-state index contributed by atoms with van der Waals surface area (Å²) < 4.78 is 4.59. The molecule has 0 amide bonds. The lowest BCUT2D eigenvalue weighted by Gasteiger charge is -2.12. The number of rotatable bonds is 5. The molecule has 138 valence electrons. The zero-order valence-corrected chi connectivity index (χ0v) is 16.1. The number of aryl methyl sites for hydroxylation is 2. The van der Waals surface area contributed by atoms with Gasteiger partial charge in [-0.3, -0.25) is 13.9 Å². The van der Waals surface area contributed by atoms with Crippen molar-refractivity contribution in [2.45, 2.75) is 26.4 Å². The van der Waals surface area contributed by atoms with Crippen LogP contribution in [0.25, 0.3) is 11.2 Å². The molecule has 0 spiro atoms. The minimum Gasteiger partial charge on any atom is -0.348 e. The average Bonchev–Trinajstić information content (AvgIpc) is 2.95. The molecule has 2 aromatic heterocycles. The Labute approximate surface area is 156 Å². The summed E-state index contributed by atoms with van der Waals surface area (Å²) in [5.74, 6) is 0.630. The van der Waals surface area contributed by atoms with E-state index in [0.717, 1.165) is 12.0 Å². The maximum absolute atomic E-state index is 13.1. The first-order valence-corrected chi connectivity index (χ1v) is 8.84. The average molecular weight is 376 g/mol. The van der Waals surface area contributed by atoms with E-state index < -0.39 is 0 Å². The van der Waals surface area contributed by atoms with Crippen molar-refractivity contribution in [3.8, 4) is 0 Å². The van der Waals surface area contributed by atoms with Crippen LogP contribution in [0.15, 0.2) is 33.9 Å². The molecule has 3 aromatic rings. The lowest BCUT2D eigenvalue weighted by atomic mass is 10.2. The van der Waals surface area contributed by atoms with Gasteiger partial charge >= 0.3 is 5.69 Å². The molecule has 8 heteroatoms. The normalized spacial score (nSPS) is 11.3. The van der Waals surface area contributed by atoms with E-state index in [1.54, 1.807) is 28.3 Å². The molecule has 0 aliphatic rings. The van der Waals surface area contributed by atoms with E-state index in [1.807, 2.05) is 38.1 Å². The zero-order valence-electron chi connectivity index (χ0n) is 15.4. The lowest BCUT2D eigenvalue weighted by Crippen LogP contribution is -2.40. The van der Waals surface area contributed by atoms with Crippen molar-refractivity contribution in [3.63, 3.8) is 0 Å². The van der Waals surface area contributed by atoms with Crippen molar-refractivity contribution >= 4 is 28.7 Å².